The van der Waals surface area contributed by atoms with Crippen LogP contribution < -0.4 is 19.5 Å². The van der Waals surface area contributed by atoms with Gasteiger partial charge in [0.2, 0.25) is 17.8 Å². The lowest BCUT2D eigenvalue weighted by atomic mass is 10.1. The van der Waals surface area contributed by atoms with E-state index in [1.54, 1.807) is 0 Å². The lowest BCUT2D eigenvalue weighted by Gasteiger charge is -2.19. The third-order valence-electron chi connectivity index (χ3n) is 4.27. The Kier molecular flexibility index (Phi) is 4.05. The van der Waals surface area contributed by atoms with Gasteiger partial charge in [0, 0.05) is 21.3 Å². The van der Waals surface area contributed by atoms with Crippen molar-refractivity contribution in [1.29, 1.82) is 0 Å². The first kappa shape index (κ1) is 16.6. The average molecular weight is 445 g/mol. The Hall–Kier alpha value is -2.52. The lowest BCUT2D eigenvalue weighted by molar-refractivity contribution is 0.173. The van der Waals surface area contributed by atoms with Gasteiger partial charge >= 0.3 is 0 Å². The summed E-state index contributed by atoms with van der Waals surface area (Å²) in [5.74, 6) is 1.86. The molecule has 1 aromatic heterocycles. The molecule has 3 aromatic rings. The van der Waals surface area contributed by atoms with Crippen LogP contribution in [0.3, 0.4) is 0 Å². The largest absolute Gasteiger partial charge is 0.454 e. The SMILES string of the molecule is CSc1nnc2c(n1)OC(c1ccc3c(c1)OCO3)Nc1ccc(Br)cc1-2. The number of fused-ring (bicyclic) bond motifs is 4. The molecule has 0 fully saturated rings. The summed E-state index contributed by atoms with van der Waals surface area (Å²) >= 11 is 4.93. The van der Waals surface area contributed by atoms with E-state index < -0.39 is 6.23 Å². The first-order valence-electron chi connectivity index (χ1n) is 8.12. The summed E-state index contributed by atoms with van der Waals surface area (Å²) in [6, 6.07) is 11.6. The van der Waals surface area contributed by atoms with Gasteiger partial charge in [-0.3, -0.25) is 0 Å². The van der Waals surface area contributed by atoms with Crippen LogP contribution in [-0.4, -0.2) is 28.2 Å². The van der Waals surface area contributed by atoms with Crippen molar-refractivity contribution in [3.8, 4) is 28.6 Å². The summed E-state index contributed by atoms with van der Waals surface area (Å²) in [6.07, 6.45) is 1.44. The van der Waals surface area contributed by atoms with E-state index in [0.717, 1.165) is 27.0 Å². The van der Waals surface area contributed by atoms with Crippen molar-refractivity contribution in [2.45, 2.75) is 11.4 Å². The van der Waals surface area contributed by atoms with Crippen molar-refractivity contribution in [3.63, 3.8) is 0 Å². The van der Waals surface area contributed by atoms with Crippen molar-refractivity contribution >= 4 is 33.4 Å². The van der Waals surface area contributed by atoms with Crippen molar-refractivity contribution in [2.75, 3.05) is 18.4 Å². The van der Waals surface area contributed by atoms with Crippen LogP contribution in [0.1, 0.15) is 11.8 Å². The van der Waals surface area contributed by atoms with Gasteiger partial charge < -0.3 is 19.5 Å². The van der Waals surface area contributed by atoms with Crippen LogP contribution >= 0.6 is 27.7 Å². The maximum Gasteiger partial charge on any atom is 0.247 e. The molecule has 3 heterocycles. The molecule has 2 aromatic carbocycles. The molecule has 2 aliphatic rings. The molecule has 0 bridgehead atoms. The van der Waals surface area contributed by atoms with Gasteiger partial charge in [0.05, 0.1) is 0 Å². The maximum absolute atomic E-state index is 6.22. The number of anilines is 1. The second kappa shape index (κ2) is 6.58. The molecule has 9 heteroatoms. The molecule has 0 aliphatic carbocycles. The molecule has 1 unspecified atom stereocenters. The summed E-state index contributed by atoms with van der Waals surface area (Å²) in [5.41, 5.74) is 3.24. The normalized spacial score (nSPS) is 16.6. The Balaban J connectivity index is 1.64. The number of nitrogens with zero attached hydrogens (tertiary/aromatic N) is 3. The topological polar surface area (TPSA) is 78.4 Å². The van der Waals surface area contributed by atoms with Gasteiger partial charge in [-0.05, 0) is 42.7 Å². The van der Waals surface area contributed by atoms with Crippen molar-refractivity contribution in [2.24, 2.45) is 0 Å². The number of thioether (sulfide) groups is 1. The van der Waals surface area contributed by atoms with Gasteiger partial charge in [-0.25, -0.2) is 0 Å². The molecule has 0 radical (unpaired) electrons. The monoisotopic (exact) mass is 444 g/mol. The van der Waals surface area contributed by atoms with Gasteiger partial charge in [0.25, 0.3) is 0 Å². The fraction of sp³-hybridized carbons (Fsp3) is 0.167. The molecule has 27 heavy (non-hydrogen) atoms. The van der Waals surface area contributed by atoms with Gasteiger partial charge in [0.15, 0.2) is 23.4 Å². The first-order valence-corrected chi connectivity index (χ1v) is 10.1. The fourth-order valence-corrected chi connectivity index (χ4v) is 3.64. The number of hydrogen-bond donors (Lipinski definition) is 1. The zero-order valence-electron chi connectivity index (χ0n) is 14.1. The Bertz CT molecular complexity index is 1050. The number of hydrogen-bond acceptors (Lipinski definition) is 8. The van der Waals surface area contributed by atoms with E-state index in [9.17, 15) is 0 Å². The third kappa shape index (κ3) is 2.96. The van der Waals surface area contributed by atoms with Gasteiger partial charge in [-0.2, -0.15) is 4.98 Å². The Labute approximate surface area is 167 Å². The molecule has 7 nitrogen and oxygen atoms in total. The van der Waals surface area contributed by atoms with E-state index in [0.29, 0.717) is 22.5 Å². The zero-order valence-corrected chi connectivity index (χ0v) is 16.5. The predicted molar refractivity (Wildman–Crippen MR) is 104 cm³/mol. The Morgan fingerprint density at radius 3 is 2.89 bits per heavy atom. The smallest absolute Gasteiger partial charge is 0.247 e. The summed E-state index contributed by atoms with van der Waals surface area (Å²) in [5, 5.41) is 12.5. The summed E-state index contributed by atoms with van der Waals surface area (Å²) in [6.45, 7) is 0.228. The van der Waals surface area contributed by atoms with Gasteiger partial charge in [-0.15, -0.1) is 10.2 Å². The highest BCUT2D eigenvalue weighted by Gasteiger charge is 2.27. The Morgan fingerprint density at radius 1 is 1.11 bits per heavy atom. The second-order valence-corrected chi connectivity index (χ2v) is 7.59. The molecule has 0 amide bonds. The number of rotatable bonds is 2. The zero-order chi connectivity index (χ0) is 18.4. The highest BCUT2D eigenvalue weighted by Crippen LogP contribution is 2.42. The van der Waals surface area contributed by atoms with E-state index in [1.807, 2.05) is 42.7 Å². The van der Waals surface area contributed by atoms with E-state index in [4.69, 9.17) is 14.2 Å². The molecule has 5 rings (SSSR count). The van der Waals surface area contributed by atoms with E-state index >= 15 is 0 Å². The van der Waals surface area contributed by atoms with Crippen LogP contribution in [0, 0.1) is 0 Å². The van der Waals surface area contributed by atoms with Crippen molar-refractivity contribution in [1.82, 2.24) is 15.2 Å². The fourth-order valence-electron chi connectivity index (χ4n) is 2.98. The average Bonchev–Trinajstić information content (AvgIpc) is 3.10. The maximum atomic E-state index is 6.22. The van der Waals surface area contributed by atoms with Crippen LogP contribution in [0.2, 0.25) is 0 Å². The van der Waals surface area contributed by atoms with Crippen LogP contribution in [0.15, 0.2) is 46.0 Å². The number of benzene rings is 2. The third-order valence-corrected chi connectivity index (χ3v) is 5.30. The minimum Gasteiger partial charge on any atom is -0.454 e. The quantitative estimate of drug-likeness (QED) is 0.587. The first-order chi connectivity index (χ1) is 13.2. The van der Waals surface area contributed by atoms with Crippen molar-refractivity contribution < 1.29 is 14.2 Å². The molecule has 136 valence electrons. The van der Waals surface area contributed by atoms with E-state index in [2.05, 4.69) is 36.4 Å². The summed E-state index contributed by atoms with van der Waals surface area (Å²) in [4.78, 5) is 4.52. The highest BCUT2D eigenvalue weighted by atomic mass is 79.9. The number of halogens is 1. The number of ether oxygens (including phenoxy) is 3. The van der Waals surface area contributed by atoms with E-state index in [-0.39, 0.29) is 6.79 Å². The molecular formula is C18H13BrN4O3S. The van der Waals surface area contributed by atoms with Crippen LogP contribution in [0.25, 0.3) is 11.3 Å². The second-order valence-electron chi connectivity index (χ2n) is 5.90. The van der Waals surface area contributed by atoms with E-state index in [1.165, 1.54) is 11.8 Å². The van der Waals surface area contributed by atoms with Crippen molar-refractivity contribution in [3.05, 3.63) is 46.4 Å². The number of nitrogens with one attached hydrogen (secondary N) is 1. The lowest BCUT2D eigenvalue weighted by Crippen LogP contribution is -2.17. The summed E-state index contributed by atoms with van der Waals surface area (Å²) < 4.78 is 18.1. The van der Waals surface area contributed by atoms with Crippen LogP contribution in [0.5, 0.6) is 17.4 Å². The molecular weight excluding hydrogens is 432 g/mol. The molecule has 0 spiro atoms. The standard InChI is InChI=1S/C18H13BrN4O3S/c1-27-18-21-17-15(22-23-18)11-7-10(19)3-4-12(11)20-16(26-17)9-2-5-13-14(6-9)25-8-24-13/h2-7,16,20H,8H2,1H3. The number of aromatic nitrogens is 3. The van der Waals surface area contributed by atoms with Crippen LogP contribution in [-0.2, 0) is 0 Å². The highest BCUT2D eigenvalue weighted by molar-refractivity contribution is 9.10. The molecule has 0 saturated carbocycles. The molecule has 0 saturated heterocycles. The van der Waals surface area contributed by atoms with Gasteiger partial charge in [-0.1, -0.05) is 27.7 Å². The predicted octanol–water partition coefficient (Wildman–Crippen LogP) is 4.25. The molecule has 1 N–H and O–H groups in total. The summed E-state index contributed by atoms with van der Waals surface area (Å²) in [7, 11) is 0. The van der Waals surface area contributed by atoms with Crippen LogP contribution in [0.4, 0.5) is 5.69 Å². The molecule has 2 aliphatic heterocycles. The minimum absolute atomic E-state index is 0.228. The molecule has 1 atom stereocenters. The Morgan fingerprint density at radius 2 is 2.00 bits per heavy atom. The minimum atomic E-state index is -0.466. The van der Waals surface area contributed by atoms with Gasteiger partial charge in [0.1, 0.15) is 0 Å².